The van der Waals surface area contributed by atoms with Crippen LogP contribution in [-0.4, -0.2) is 49.6 Å². The minimum absolute atomic E-state index is 0.0655. The second-order valence-electron chi connectivity index (χ2n) is 13.2. The number of hydrogen-bond acceptors (Lipinski definition) is 6. The molecule has 1 aliphatic carbocycles. The first-order chi connectivity index (χ1) is 19.6. The molecule has 1 amide bonds. The zero-order chi connectivity index (χ0) is 30.6. The summed E-state index contributed by atoms with van der Waals surface area (Å²) < 4.78 is 24.2. The van der Waals surface area contributed by atoms with Gasteiger partial charge in [0.15, 0.2) is 0 Å². The van der Waals surface area contributed by atoms with Crippen LogP contribution in [0.4, 0.5) is 10.5 Å². The molecule has 3 aromatic rings. The molecule has 5 rings (SSSR count). The van der Waals surface area contributed by atoms with E-state index < -0.39 is 36.0 Å². The Kier molecular flexibility index (Phi) is 7.52. The minimum atomic E-state index is -0.730. The molecule has 0 N–H and O–H groups in total. The molecule has 1 aliphatic heterocycles. The molecule has 1 saturated heterocycles. The predicted octanol–water partition coefficient (Wildman–Crippen LogP) is 6.63. The Balaban J connectivity index is 1.45. The Morgan fingerprint density at radius 1 is 0.905 bits per heavy atom. The lowest BCUT2D eigenvalue weighted by molar-refractivity contribution is 0.00578. The number of rotatable bonds is 5. The number of nitrogens with zero attached hydrogens (tertiary/aromatic N) is 1. The number of carbonyl (C=O) groups is 2. The van der Waals surface area contributed by atoms with Gasteiger partial charge in [0.1, 0.15) is 12.2 Å². The summed E-state index contributed by atoms with van der Waals surface area (Å²) in [7, 11) is 0.917. The number of carbonyl (C=O) groups excluding carboxylic acids is 2. The normalized spacial score (nSPS) is 17.0. The van der Waals surface area contributed by atoms with Crippen LogP contribution in [0.2, 0.25) is 0 Å². The summed E-state index contributed by atoms with van der Waals surface area (Å²) in [4.78, 5) is 28.3. The van der Waals surface area contributed by atoms with Crippen LogP contribution < -0.4 is 10.4 Å². The van der Waals surface area contributed by atoms with Crippen molar-refractivity contribution in [1.29, 1.82) is 0 Å². The van der Waals surface area contributed by atoms with E-state index in [9.17, 15) is 9.59 Å². The molecule has 0 atom stereocenters. The van der Waals surface area contributed by atoms with Crippen molar-refractivity contribution in [2.45, 2.75) is 78.1 Å². The smallest absolute Gasteiger partial charge is 0.456 e. The van der Waals surface area contributed by atoms with Crippen molar-refractivity contribution in [3.05, 3.63) is 82.9 Å². The number of amides is 1. The molecule has 7 nitrogen and oxygen atoms in total. The van der Waals surface area contributed by atoms with Crippen molar-refractivity contribution in [2.75, 3.05) is 18.6 Å². The zero-order valence-electron chi connectivity index (χ0n) is 26.0. The van der Waals surface area contributed by atoms with Crippen molar-refractivity contribution in [3.63, 3.8) is 0 Å². The maximum Gasteiger partial charge on any atom is 0.494 e. The highest BCUT2D eigenvalue weighted by molar-refractivity contribution is 6.62. The highest BCUT2D eigenvalue weighted by atomic mass is 16.7. The van der Waals surface area contributed by atoms with E-state index in [1.54, 1.807) is 20.0 Å². The number of hydrogen-bond donors (Lipinski definition) is 0. The van der Waals surface area contributed by atoms with Crippen LogP contribution in [0.15, 0.2) is 60.7 Å². The minimum Gasteiger partial charge on any atom is -0.456 e. The molecule has 0 spiro atoms. The molecule has 0 unspecified atom stereocenters. The van der Waals surface area contributed by atoms with Crippen LogP contribution in [-0.2, 0) is 18.8 Å². The van der Waals surface area contributed by atoms with E-state index in [2.05, 4.69) is 24.3 Å². The van der Waals surface area contributed by atoms with E-state index in [0.29, 0.717) is 22.3 Å². The van der Waals surface area contributed by atoms with Crippen LogP contribution in [0.5, 0.6) is 0 Å². The predicted molar refractivity (Wildman–Crippen MR) is 166 cm³/mol. The summed E-state index contributed by atoms with van der Waals surface area (Å²) in [5.41, 5.74) is 4.83. The molecule has 0 bridgehead atoms. The largest absolute Gasteiger partial charge is 0.494 e. The van der Waals surface area contributed by atoms with Gasteiger partial charge in [-0.2, -0.15) is 0 Å². The van der Waals surface area contributed by atoms with Gasteiger partial charge in [-0.1, -0.05) is 48.5 Å². The second kappa shape index (κ2) is 10.6. The lowest BCUT2D eigenvalue weighted by atomic mass is 9.77. The Morgan fingerprint density at radius 3 is 1.95 bits per heavy atom. The summed E-state index contributed by atoms with van der Waals surface area (Å²) in [5.74, 6) is -0.551. The van der Waals surface area contributed by atoms with E-state index in [0.717, 1.165) is 22.3 Å². The Hall–Kier alpha value is -3.62. The molecular formula is C34H40BNO6. The Labute approximate surface area is 249 Å². The number of fused-ring (bicyclic) bond motifs is 3. The lowest BCUT2D eigenvalue weighted by Crippen LogP contribution is -2.41. The van der Waals surface area contributed by atoms with Gasteiger partial charge < -0.3 is 18.8 Å². The van der Waals surface area contributed by atoms with Crippen molar-refractivity contribution in [3.8, 4) is 11.1 Å². The topological polar surface area (TPSA) is 74.3 Å². The summed E-state index contributed by atoms with van der Waals surface area (Å²) in [6, 6.07) is 20.0. The fraction of sp³-hybridized carbons (Fsp3) is 0.412. The van der Waals surface area contributed by atoms with Crippen LogP contribution in [0.1, 0.15) is 81.4 Å². The van der Waals surface area contributed by atoms with Gasteiger partial charge in [0.2, 0.25) is 0 Å². The number of esters is 1. The fourth-order valence-corrected chi connectivity index (χ4v) is 5.52. The summed E-state index contributed by atoms with van der Waals surface area (Å²) in [6.45, 7) is 15.3. The van der Waals surface area contributed by atoms with Crippen molar-refractivity contribution < 1.29 is 28.4 Å². The molecule has 0 saturated carbocycles. The standard InChI is InChI=1S/C34H40BNO6/c1-21-27(30(37)40-32(2,3)4)18-22(35-41-33(5,6)34(7,8)42-35)19-29(21)36(9)31(38)39-20-28-25-16-12-10-14-23(25)24-15-11-13-17-26(24)28/h10-19,28H,20H2,1-9H3. The van der Waals surface area contributed by atoms with Gasteiger partial charge >= 0.3 is 19.2 Å². The molecule has 1 fully saturated rings. The van der Waals surface area contributed by atoms with Gasteiger partial charge in [0.25, 0.3) is 0 Å². The quantitative estimate of drug-likeness (QED) is 0.254. The zero-order valence-corrected chi connectivity index (χ0v) is 26.0. The third kappa shape index (κ3) is 5.46. The average Bonchev–Trinajstić information content (AvgIpc) is 3.35. The molecule has 2 aliphatic rings. The monoisotopic (exact) mass is 569 g/mol. The van der Waals surface area contributed by atoms with Gasteiger partial charge in [-0.15, -0.1) is 0 Å². The van der Waals surface area contributed by atoms with Crippen molar-refractivity contribution in [1.82, 2.24) is 0 Å². The molecule has 1 heterocycles. The van der Waals surface area contributed by atoms with Gasteiger partial charge in [-0.25, -0.2) is 9.59 Å². The second-order valence-corrected chi connectivity index (χ2v) is 13.2. The number of anilines is 1. The first kappa shape index (κ1) is 29.9. The maximum absolute atomic E-state index is 13.6. The highest BCUT2D eigenvalue weighted by Gasteiger charge is 2.52. The summed E-state index contributed by atoms with van der Waals surface area (Å²) >= 11 is 0. The average molecular weight is 570 g/mol. The van der Waals surface area contributed by atoms with Crippen LogP contribution in [0.3, 0.4) is 0 Å². The van der Waals surface area contributed by atoms with Crippen LogP contribution in [0.25, 0.3) is 11.1 Å². The molecule has 3 aromatic carbocycles. The number of ether oxygens (including phenoxy) is 2. The molecule has 8 heteroatoms. The Morgan fingerprint density at radius 2 is 1.43 bits per heavy atom. The first-order valence-corrected chi connectivity index (χ1v) is 14.4. The van der Waals surface area contributed by atoms with Crippen LogP contribution in [0, 0.1) is 6.92 Å². The Bertz CT molecular complexity index is 1480. The first-order valence-electron chi connectivity index (χ1n) is 14.4. The number of benzene rings is 3. The van der Waals surface area contributed by atoms with E-state index in [4.69, 9.17) is 18.8 Å². The van der Waals surface area contributed by atoms with Gasteiger partial charge in [-0.05, 0) is 101 Å². The maximum atomic E-state index is 13.6. The van der Waals surface area contributed by atoms with Gasteiger partial charge in [0.05, 0.1) is 22.5 Å². The molecular weight excluding hydrogens is 529 g/mol. The molecule has 42 heavy (non-hydrogen) atoms. The van der Waals surface area contributed by atoms with E-state index in [-0.39, 0.29) is 12.5 Å². The molecule has 220 valence electrons. The third-order valence-electron chi connectivity index (χ3n) is 8.52. The summed E-state index contributed by atoms with van der Waals surface area (Å²) in [5, 5.41) is 0. The molecule has 0 aromatic heterocycles. The van der Waals surface area contributed by atoms with E-state index in [1.807, 2.05) is 78.8 Å². The van der Waals surface area contributed by atoms with Crippen LogP contribution >= 0.6 is 0 Å². The van der Waals surface area contributed by atoms with Crippen molar-refractivity contribution >= 4 is 30.3 Å². The fourth-order valence-electron chi connectivity index (χ4n) is 5.52. The van der Waals surface area contributed by atoms with E-state index in [1.165, 1.54) is 4.90 Å². The lowest BCUT2D eigenvalue weighted by Gasteiger charge is -2.32. The van der Waals surface area contributed by atoms with Crippen molar-refractivity contribution in [2.24, 2.45) is 0 Å². The third-order valence-corrected chi connectivity index (χ3v) is 8.52. The van der Waals surface area contributed by atoms with Gasteiger partial charge in [0, 0.05) is 13.0 Å². The van der Waals surface area contributed by atoms with Gasteiger partial charge in [-0.3, -0.25) is 4.90 Å². The summed E-state index contributed by atoms with van der Waals surface area (Å²) in [6.07, 6.45) is -0.527. The van der Waals surface area contributed by atoms with E-state index >= 15 is 0 Å². The highest BCUT2D eigenvalue weighted by Crippen LogP contribution is 2.44. The SMILES string of the molecule is Cc1c(C(=O)OC(C)(C)C)cc(B2OC(C)(C)C(C)(C)O2)cc1N(C)C(=O)OCC1c2ccccc2-c2ccccc21. The molecule has 0 radical (unpaired) electrons.